The number of amides is 1. The number of carboxylic acid groups (broad SMARTS) is 1. The van der Waals surface area contributed by atoms with Crippen LogP contribution in [-0.4, -0.2) is 23.0 Å². The molecular formula is C17H29NO3. The minimum atomic E-state index is -0.721. The summed E-state index contributed by atoms with van der Waals surface area (Å²) in [7, 11) is 0. The quantitative estimate of drug-likeness (QED) is 0.789. The molecule has 4 nitrogen and oxygen atoms in total. The highest BCUT2D eigenvalue weighted by Gasteiger charge is 2.32. The van der Waals surface area contributed by atoms with Gasteiger partial charge in [-0.05, 0) is 38.0 Å². The van der Waals surface area contributed by atoms with E-state index < -0.39 is 5.97 Å². The third-order valence-electron chi connectivity index (χ3n) is 5.33. The van der Waals surface area contributed by atoms with Crippen molar-refractivity contribution in [3.8, 4) is 0 Å². The van der Waals surface area contributed by atoms with Crippen molar-refractivity contribution in [2.24, 2.45) is 17.8 Å². The summed E-state index contributed by atoms with van der Waals surface area (Å²) in [5.41, 5.74) is 0. The van der Waals surface area contributed by atoms with E-state index in [0.717, 1.165) is 19.3 Å². The van der Waals surface area contributed by atoms with Gasteiger partial charge in [-0.3, -0.25) is 9.59 Å². The lowest BCUT2D eigenvalue weighted by Crippen LogP contribution is -2.38. The molecule has 4 heteroatoms. The molecule has 2 rings (SSSR count). The van der Waals surface area contributed by atoms with E-state index in [0.29, 0.717) is 18.8 Å². The van der Waals surface area contributed by atoms with Gasteiger partial charge >= 0.3 is 5.97 Å². The number of hydrogen-bond donors (Lipinski definition) is 2. The maximum atomic E-state index is 12.4. The van der Waals surface area contributed by atoms with Crippen molar-refractivity contribution in [3.05, 3.63) is 0 Å². The van der Waals surface area contributed by atoms with E-state index in [1.807, 2.05) is 0 Å². The molecule has 1 unspecified atom stereocenters. The van der Waals surface area contributed by atoms with Crippen molar-refractivity contribution in [1.82, 2.24) is 5.32 Å². The average Bonchev–Trinajstić information content (AvgIpc) is 2.94. The molecule has 0 saturated heterocycles. The molecule has 3 atom stereocenters. The van der Waals surface area contributed by atoms with Gasteiger partial charge in [0.05, 0.1) is 5.92 Å². The third-order valence-corrected chi connectivity index (χ3v) is 5.33. The predicted molar refractivity (Wildman–Crippen MR) is 81.9 cm³/mol. The lowest BCUT2D eigenvalue weighted by Gasteiger charge is -2.26. The van der Waals surface area contributed by atoms with Crippen molar-refractivity contribution in [3.63, 3.8) is 0 Å². The van der Waals surface area contributed by atoms with Gasteiger partial charge in [0.2, 0.25) is 5.91 Å². The van der Waals surface area contributed by atoms with Crippen LogP contribution in [0.25, 0.3) is 0 Å². The Hall–Kier alpha value is -1.06. The Bertz CT molecular complexity index is 363. The molecule has 2 fully saturated rings. The van der Waals surface area contributed by atoms with Crippen LogP contribution in [0.1, 0.15) is 71.1 Å². The first-order valence-electron chi connectivity index (χ1n) is 8.63. The van der Waals surface area contributed by atoms with Crippen molar-refractivity contribution < 1.29 is 14.7 Å². The number of carbonyl (C=O) groups is 2. The zero-order valence-corrected chi connectivity index (χ0v) is 13.1. The second-order valence-corrected chi connectivity index (χ2v) is 6.90. The summed E-state index contributed by atoms with van der Waals surface area (Å²) in [5, 5.41) is 12.1. The van der Waals surface area contributed by atoms with Crippen LogP contribution in [0, 0.1) is 17.8 Å². The summed E-state index contributed by atoms with van der Waals surface area (Å²) >= 11 is 0. The Balaban J connectivity index is 1.78. The Kier molecular flexibility index (Phi) is 6.07. The molecule has 0 aromatic heterocycles. The van der Waals surface area contributed by atoms with E-state index in [9.17, 15) is 9.59 Å². The van der Waals surface area contributed by atoms with Gasteiger partial charge < -0.3 is 10.4 Å². The largest absolute Gasteiger partial charge is 0.481 e. The van der Waals surface area contributed by atoms with Gasteiger partial charge in [-0.2, -0.15) is 0 Å². The van der Waals surface area contributed by atoms with Gasteiger partial charge in [-0.15, -0.1) is 0 Å². The summed E-state index contributed by atoms with van der Waals surface area (Å²) in [6.45, 7) is 2.09. The van der Waals surface area contributed by atoms with Gasteiger partial charge in [-0.25, -0.2) is 0 Å². The molecule has 2 saturated carbocycles. The van der Waals surface area contributed by atoms with E-state index >= 15 is 0 Å². The van der Waals surface area contributed by atoms with Crippen LogP contribution in [0.15, 0.2) is 0 Å². The Labute approximate surface area is 127 Å². The first-order valence-corrected chi connectivity index (χ1v) is 8.63. The summed E-state index contributed by atoms with van der Waals surface area (Å²) in [6.07, 6.45) is 10.5. The molecule has 0 aliphatic heterocycles. The molecule has 0 radical (unpaired) electrons. The zero-order valence-electron chi connectivity index (χ0n) is 13.1. The van der Waals surface area contributed by atoms with Gasteiger partial charge in [0.1, 0.15) is 0 Å². The van der Waals surface area contributed by atoms with Crippen LogP contribution in [0.3, 0.4) is 0 Å². The maximum absolute atomic E-state index is 12.4. The van der Waals surface area contributed by atoms with E-state index in [1.54, 1.807) is 0 Å². The minimum Gasteiger partial charge on any atom is -0.481 e. The maximum Gasteiger partial charge on any atom is 0.306 e. The first-order chi connectivity index (χ1) is 10.1. The molecule has 0 aromatic rings. The highest BCUT2D eigenvalue weighted by Crippen LogP contribution is 2.31. The number of aliphatic carboxylic acids is 1. The highest BCUT2D eigenvalue weighted by atomic mass is 16.4. The SMILES string of the molecule is CCC(CC1CCCCC1)C(=O)N[C@H]1CC[C@@H](C(=O)O)C1. The topological polar surface area (TPSA) is 66.4 Å². The standard InChI is InChI=1S/C17H29NO3/c1-2-13(10-12-6-4-3-5-7-12)16(19)18-15-9-8-14(11-15)17(20)21/h12-15H,2-11H2,1H3,(H,18,19)(H,20,21)/t13?,14-,15+/m1/s1. The Morgan fingerprint density at radius 2 is 1.86 bits per heavy atom. The molecule has 0 heterocycles. The zero-order chi connectivity index (χ0) is 15.2. The van der Waals surface area contributed by atoms with Crippen molar-refractivity contribution in [2.75, 3.05) is 0 Å². The fraction of sp³-hybridized carbons (Fsp3) is 0.882. The molecule has 21 heavy (non-hydrogen) atoms. The predicted octanol–water partition coefficient (Wildman–Crippen LogP) is 3.35. The normalized spacial score (nSPS) is 28.2. The minimum absolute atomic E-state index is 0.0685. The summed E-state index contributed by atoms with van der Waals surface area (Å²) in [4.78, 5) is 23.4. The number of carbonyl (C=O) groups excluding carboxylic acids is 1. The second-order valence-electron chi connectivity index (χ2n) is 6.90. The molecule has 1 amide bonds. The van der Waals surface area contributed by atoms with Crippen molar-refractivity contribution in [1.29, 1.82) is 0 Å². The molecule has 2 aliphatic carbocycles. The van der Waals surface area contributed by atoms with Gasteiger partial charge in [0.15, 0.2) is 0 Å². The van der Waals surface area contributed by atoms with E-state index in [2.05, 4.69) is 12.2 Å². The lowest BCUT2D eigenvalue weighted by molar-refractivity contribution is -0.141. The molecule has 0 bridgehead atoms. The summed E-state index contributed by atoms with van der Waals surface area (Å²) in [5.74, 6) is -0.0180. The number of nitrogens with one attached hydrogen (secondary N) is 1. The van der Waals surface area contributed by atoms with Gasteiger partial charge in [0.25, 0.3) is 0 Å². The van der Waals surface area contributed by atoms with Crippen LogP contribution in [0.2, 0.25) is 0 Å². The van der Waals surface area contributed by atoms with Crippen molar-refractivity contribution >= 4 is 11.9 Å². The molecule has 0 aromatic carbocycles. The smallest absolute Gasteiger partial charge is 0.306 e. The fourth-order valence-corrected chi connectivity index (χ4v) is 3.94. The van der Waals surface area contributed by atoms with Crippen LogP contribution >= 0.6 is 0 Å². The van der Waals surface area contributed by atoms with Crippen LogP contribution in [-0.2, 0) is 9.59 Å². The van der Waals surface area contributed by atoms with E-state index in [-0.39, 0.29) is 23.8 Å². The van der Waals surface area contributed by atoms with E-state index in [1.165, 1.54) is 32.1 Å². The molecule has 2 aliphatic rings. The van der Waals surface area contributed by atoms with Gasteiger partial charge in [-0.1, -0.05) is 39.0 Å². The summed E-state index contributed by atoms with van der Waals surface area (Å²) < 4.78 is 0. The lowest BCUT2D eigenvalue weighted by atomic mass is 9.81. The number of hydrogen-bond acceptors (Lipinski definition) is 2. The number of rotatable bonds is 6. The van der Waals surface area contributed by atoms with E-state index in [4.69, 9.17) is 5.11 Å². The Morgan fingerprint density at radius 3 is 2.43 bits per heavy atom. The molecule has 2 N–H and O–H groups in total. The monoisotopic (exact) mass is 295 g/mol. The van der Waals surface area contributed by atoms with Crippen LogP contribution in [0.4, 0.5) is 0 Å². The average molecular weight is 295 g/mol. The highest BCUT2D eigenvalue weighted by molar-refractivity contribution is 5.79. The van der Waals surface area contributed by atoms with Crippen LogP contribution in [0.5, 0.6) is 0 Å². The third kappa shape index (κ3) is 4.72. The van der Waals surface area contributed by atoms with Crippen molar-refractivity contribution in [2.45, 2.75) is 77.2 Å². The van der Waals surface area contributed by atoms with Gasteiger partial charge in [0, 0.05) is 12.0 Å². The van der Waals surface area contributed by atoms with Crippen LogP contribution < -0.4 is 5.32 Å². The molecule has 0 spiro atoms. The Morgan fingerprint density at radius 1 is 1.14 bits per heavy atom. The second kappa shape index (κ2) is 7.81. The molecule has 120 valence electrons. The first kappa shape index (κ1) is 16.3. The number of carboxylic acids is 1. The summed E-state index contributed by atoms with van der Waals surface area (Å²) in [6, 6.07) is 0.0685. The molecular weight excluding hydrogens is 266 g/mol. The fourth-order valence-electron chi connectivity index (χ4n) is 3.94.